The standard InChI is InChI=1S/C24H24F3N3O2/c1-32-7-6-30-5-4-13(12-30)23-22(16-3-2-14(25)9-18(16)27)24-21-17(20(31)11-28-24)8-15(26)10-19(21)29-23/h2-3,8-10,13,22-23,29H,4-7,11-12H2,1H3/t13-,22-,23-/m0/s1. The summed E-state index contributed by atoms with van der Waals surface area (Å²) in [6, 6.07) is 5.88. The number of nitrogens with zero attached hydrogens (tertiary/aromatic N) is 2. The second-order valence-corrected chi connectivity index (χ2v) is 8.66. The first-order valence-electron chi connectivity index (χ1n) is 10.8. The lowest BCUT2D eigenvalue weighted by Gasteiger charge is -2.41. The van der Waals surface area contributed by atoms with Crippen LogP contribution >= 0.6 is 0 Å². The summed E-state index contributed by atoms with van der Waals surface area (Å²) < 4.78 is 48.2. The molecule has 2 aromatic rings. The van der Waals surface area contributed by atoms with Crippen LogP contribution in [0.15, 0.2) is 35.3 Å². The van der Waals surface area contributed by atoms with Crippen LogP contribution in [-0.4, -0.2) is 62.3 Å². The fourth-order valence-electron chi connectivity index (χ4n) is 5.29. The smallest absolute Gasteiger partial charge is 0.185 e. The molecule has 3 aliphatic heterocycles. The lowest BCUT2D eigenvalue weighted by molar-refractivity contribution is 0.0999. The molecule has 1 N–H and O–H groups in total. The van der Waals surface area contributed by atoms with Gasteiger partial charge in [-0.15, -0.1) is 0 Å². The number of halogens is 3. The van der Waals surface area contributed by atoms with Crippen molar-refractivity contribution in [2.45, 2.75) is 18.4 Å². The van der Waals surface area contributed by atoms with E-state index in [9.17, 15) is 13.6 Å². The number of likely N-dealkylation sites (tertiary alicyclic amines) is 1. The molecule has 2 aromatic carbocycles. The monoisotopic (exact) mass is 443 g/mol. The van der Waals surface area contributed by atoms with Gasteiger partial charge >= 0.3 is 0 Å². The number of ether oxygens (including phenoxy) is 1. The van der Waals surface area contributed by atoms with E-state index >= 15 is 4.39 Å². The number of benzene rings is 2. The SMILES string of the molecule is COCCN1CC[C@H]([C@@H]2Nc3cc(F)cc4c3C(=NCC4=O)[C@H]2c2ccc(F)cc2F)C1. The summed E-state index contributed by atoms with van der Waals surface area (Å²) in [5, 5.41) is 3.41. The molecule has 0 saturated carbocycles. The van der Waals surface area contributed by atoms with Crippen LogP contribution in [0.25, 0.3) is 0 Å². The molecule has 3 aliphatic rings. The minimum Gasteiger partial charge on any atom is -0.383 e. The van der Waals surface area contributed by atoms with Crippen molar-refractivity contribution in [3.8, 4) is 0 Å². The molecular formula is C24H24F3N3O2. The van der Waals surface area contributed by atoms with E-state index < -0.39 is 23.4 Å². The van der Waals surface area contributed by atoms with Gasteiger partial charge in [0, 0.05) is 55.0 Å². The van der Waals surface area contributed by atoms with Gasteiger partial charge in [0.15, 0.2) is 5.78 Å². The second-order valence-electron chi connectivity index (χ2n) is 8.66. The van der Waals surface area contributed by atoms with E-state index in [0.717, 1.165) is 32.1 Å². The van der Waals surface area contributed by atoms with E-state index in [1.54, 1.807) is 7.11 Å². The molecule has 32 heavy (non-hydrogen) atoms. The maximum Gasteiger partial charge on any atom is 0.185 e. The highest BCUT2D eigenvalue weighted by Gasteiger charge is 2.44. The third-order valence-electron chi connectivity index (χ3n) is 6.75. The number of ketones is 1. The molecule has 5 rings (SSSR count). The molecule has 0 bridgehead atoms. The van der Waals surface area contributed by atoms with Crippen molar-refractivity contribution in [2.24, 2.45) is 10.9 Å². The van der Waals surface area contributed by atoms with Crippen LogP contribution in [0.1, 0.15) is 33.8 Å². The fraction of sp³-hybridized carbons (Fsp3) is 0.417. The highest BCUT2D eigenvalue weighted by molar-refractivity contribution is 6.21. The number of carbonyl (C=O) groups excluding carboxylic acids is 1. The molecule has 1 saturated heterocycles. The molecule has 1 fully saturated rings. The highest BCUT2D eigenvalue weighted by Crippen LogP contribution is 2.43. The number of carbonyl (C=O) groups is 1. The number of aliphatic imine (C=N–C) groups is 1. The largest absolute Gasteiger partial charge is 0.383 e. The number of Topliss-reactive ketones (excluding diaryl/α,β-unsaturated/α-hetero) is 1. The molecule has 3 heterocycles. The Hall–Kier alpha value is -2.71. The van der Waals surface area contributed by atoms with Gasteiger partial charge in [0.25, 0.3) is 0 Å². The van der Waals surface area contributed by atoms with Gasteiger partial charge in [0.2, 0.25) is 0 Å². The Labute approximate surface area is 184 Å². The number of hydrogen-bond acceptors (Lipinski definition) is 5. The Balaban J connectivity index is 1.61. The van der Waals surface area contributed by atoms with Crippen molar-refractivity contribution in [3.05, 3.63) is 64.5 Å². The molecule has 0 amide bonds. The van der Waals surface area contributed by atoms with Gasteiger partial charge in [0.1, 0.15) is 24.0 Å². The summed E-state index contributed by atoms with van der Waals surface area (Å²) in [5.41, 5.74) is 2.19. The number of nitrogens with one attached hydrogen (secondary N) is 1. The van der Waals surface area contributed by atoms with Gasteiger partial charge in [-0.3, -0.25) is 9.79 Å². The quantitative estimate of drug-likeness (QED) is 0.767. The van der Waals surface area contributed by atoms with Gasteiger partial charge < -0.3 is 15.0 Å². The normalized spacial score (nSPS) is 24.8. The number of anilines is 1. The molecule has 0 aliphatic carbocycles. The zero-order chi connectivity index (χ0) is 22.4. The van der Waals surface area contributed by atoms with Crippen molar-refractivity contribution >= 4 is 17.2 Å². The zero-order valence-electron chi connectivity index (χ0n) is 17.7. The average Bonchev–Trinajstić information content (AvgIpc) is 3.23. The number of methoxy groups -OCH3 is 1. The summed E-state index contributed by atoms with van der Waals surface area (Å²) in [6.45, 7) is 2.94. The topological polar surface area (TPSA) is 53.9 Å². The van der Waals surface area contributed by atoms with Gasteiger partial charge in [-0.2, -0.15) is 0 Å². The van der Waals surface area contributed by atoms with Gasteiger partial charge in [-0.05, 0) is 42.6 Å². The molecule has 0 spiro atoms. The first-order chi connectivity index (χ1) is 15.5. The van der Waals surface area contributed by atoms with Crippen molar-refractivity contribution in [1.82, 2.24) is 4.90 Å². The Morgan fingerprint density at radius 1 is 1.19 bits per heavy atom. The van der Waals surface area contributed by atoms with E-state index in [-0.39, 0.29) is 29.9 Å². The van der Waals surface area contributed by atoms with Crippen LogP contribution in [0.3, 0.4) is 0 Å². The Bertz CT molecular complexity index is 1100. The van der Waals surface area contributed by atoms with E-state index in [1.807, 2.05) is 0 Å². The van der Waals surface area contributed by atoms with Crippen molar-refractivity contribution in [2.75, 3.05) is 45.2 Å². The van der Waals surface area contributed by atoms with Gasteiger partial charge in [-0.1, -0.05) is 6.07 Å². The lowest BCUT2D eigenvalue weighted by Crippen LogP contribution is -2.46. The molecule has 5 nitrogen and oxygen atoms in total. The molecule has 168 valence electrons. The predicted molar refractivity (Wildman–Crippen MR) is 115 cm³/mol. The van der Waals surface area contributed by atoms with Crippen molar-refractivity contribution < 1.29 is 22.7 Å². The molecular weight excluding hydrogens is 419 g/mol. The predicted octanol–water partition coefficient (Wildman–Crippen LogP) is 3.64. The molecule has 0 aromatic heterocycles. The van der Waals surface area contributed by atoms with Crippen LogP contribution in [0.2, 0.25) is 0 Å². The van der Waals surface area contributed by atoms with Gasteiger partial charge in [-0.25, -0.2) is 13.2 Å². The highest BCUT2D eigenvalue weighted by atomic mass is 19.1. The first-order valence-corrected chi connectivity index (χ1v) is 10.8. The van der Waals surface area contributed by atoms with Gasteiger partial charge in [0.05, 0.1) is 12.3 Å². The van der Waals surface area contributed by atoms with E-state index in [2.05, 4.69) is 15.2 Å². The molecule has 0 unspecified atom stereocenters. The lowest BCUT2D eigenvalue weighted by atomic mass is 9.73. The van der Waals surface area contributed by atoms with Crippen LogP contribution in [0, 0.1) is 23.4 Å². The maximum absolute atomic E-state index is 15.0. The Kier molecular flexibility index (Phi) is 5.51. The van der Waals surface area contributed by atoms with Crippen LogP contribution in [-0.2, 0) is 4.74 Å². The minimum absolute atomic E-state index is 0.109. The second kappa shape index (κ2) is 8.33. The summed E-state index contributed by atoms with van der Waals surface area (Å²) in [5.74, 6) is -2.46. The summed E-state index contributed by atoms with van der Waals surface area (Å²) >= 11 is 0. The molecule has 0 radical (unpaired) electrons. The van der Waals surface area contributed by atoms with Crippen molar-refractivity contribution in [1.29, 1.82) is 0 Å². The molecule has 8 heteroatoms. The average molecular weight is 443 g/mol. The Morgan fingerprint density at radius 2 is 2.03 bits per heavy atom. The maximum atomic E-state index is 15.0. The number of hydrogen-bond donors (Lipinski definition) is 1. The van der Waals surface area contributed by atoms with Crippen molar-refractivity contribution in [3.63, 3.8) is 0 Å². The third kappa shape index (κ3) is 3.61. The van der Waals surface area contributed by atoms with E-state index in [1.165, 1.54) is 24.3 Å². The third-order valence-corrected chi connectivity index (χ3v) is 6.75. The van der Waals surface area contributed by atoms with Crippen LogP contribution < -0.4 is 5.32 Å². The number of rotatable bonds is 5. The van der Waals surface area contributed by atoms with Crippen LogP contribution in [0.5, 0.6) is 0 Å². The van der Waals surface area contributed by atoms with E-state index in [4.69, 9.17) is 4.74 Å². The van der Waals surface area contributed by atoms with E-state index in [0.29, 0.717) is 29.1 Å². The molecule has 3 atom stereocenters. The summed E-state index contributed by atoms with van der Waals surface area (Å²) in [6.07, 6.45) is 0.865. The first kappa shape index (κ1) is 21.2. The fourth-order valence-corrected chi connectivity index (χ4v) is 5.29. The summed E-state index contributed by atoms with van der Waals surface area (Å²) in [4.78, 5) is 19.3. The summed E-state index contributed by atoms with van der Waals surface area (Å²) in [7, 11) is 1.66. The van der Waals surface area contributed by atoms with Crippen LogP contribution in [0.4, 0.5) is 18.9 Å². The minimum atomic E-state index is -0.651. The zero-order valence-corrected chi connectivity index (χ0v) is 17.7. The Morgan fingerprint density at radius 3 is 2.81 bits per heavy atom.